The third-order valence-electron chi connectivity index (χ3n) is 2.95. The molecule has 0 radical (unpaired) electrons. The number of carbonyl (C=O) groups excluding carboxylic acids is 1. The van der Waals surface area contributed by atoms with Crippen molar-refractivity contribution in [2.24, 2.45) is 0 Å². The van der Waals surface area contributed by atoms with Gasteiger partial charge in [0.2, 0.25) is 0 Å². The quantitative estimate of drug-likeness (QED) is 0.732. The van der Waals surface area contributed by atoms with Gasteiger partial charge < -0.3 is 10.3 Å². The maximum atomic E-state index is 11.8. The van der Waals surface area contributed by atoms with Crippen molar-refractivity contribution in [1.29, 1.82) is 0 Å². The molecule has 1 saturated heterocycles. The van der Waals surface area contributed by atoms with Crippen LogP contribution >= 0.6 is 0 Å². The fourth-order valence-electron chi connectivity index (χ4n) is 2.05. The van der Waals surface area contributed by atoms with Crippen molar-refractivity contribution in [1.82, 2.24) is 20.3 Å². The van der Waals surface area contributed by atoms with Crippen LogP contribution in [0.5, 0.6) is 0 Å². The van der Waals surface area contributed by atoms with Crippen LogP contribution in [0.15, 0.2) is 18.5 Å². The van der Waals surface area contributed by atoms with Crippen molar-refractivity contribution in [3.05, 3.63) is 24.2 Å². The zero-order valence-corrected chi connectivity index (χ0v) is 8.73. The fraction of sp³-hybridized carbons (Fsp3) is 0.364. The first-order valence-electron chi connectivity index (χ1n) is 5.38. The molecule has 1 unspecified atom stereocenters. The van der Waals surface area contributed by atoms with Crippen molar-refractivity contribution < 1.29 is 4.79 Å². The number of piperidine rings is 1. The first-order chi connectivity index (χ1) is 7.84. The van der Waals surface area contributed by atoms with Gasteiger partial charge in [0.1, 0.15) is 5.78 Å². The van der Waals surface area contributed by atoms with Crippen LogP contribution in [0.4, 0.5) is 0 Å². The van der Waals surface area contributed by atoms with E-state index in [4.69, 9.17) is 0 Å². The third kappa shape index (κ3) is 1.49. The van der Waals surface area contributed by atoms with E-state index in [1.54, 1.807) is 6.33 Å². The molecule has 1 aliphatic heterocycles. The van der Waals surface area contributed by atoms with Crippen molar-refractivity contribution in [3.63, 3.8) is 0 Å². The number of rotatable bonds is 1. The first kappa shape index (κ1) is 9.47. The maximum absolute atomic E-state index is 11.8. The van der Waals surface area contributed by atoms with Crippen LogP contribution in [0, 0.1) is 0 Å². The van der Waals surface area contributed by atoms with Crippen LogP contribution in [0.3, 0.4) is 0 Å². The van der Waals surface area contributed by atoms with Gasteiger partial charge in [-0.3, -0.25) is 4.79 Å². The van der Waals surface area contributed by atoms with Crippen LogP contribution in [0.1, 0.15) is 18.0 Å². The molecule has 3 heterocycles. The lowest BCUT2D eigenvalue weighted by molar-refractivity contribution is -0.121. The molecule has 2 aromatic rings. The van der Waals surface area contributed by atoms with Crippen molar-refractivity contribution in [2.45, 2.75) is 12.3 Å². The number of carbonyl (C=O) groups is 1. The number of hydrogen-bond acceptors (Lipinski definition) is 4. The van der Waals surface area contributed by atoms with Gasteiger partial charge in [-0.2, -0.15) is 0 Å². The summed E-state index contributed by atoms with van der Waals surface area (Å²) in [6.45, 7) is 1.46. The van der Waals surface area contributed by atoms with Crippen molar-refractivity contribution >= 4 is 16.9 Å². The van der Waals surface area contributed by atoms with Crippen molar-refractivity contribution in [3.8, 4) is 0 Å². The number of aromatic nitrogens is 3. The Morgan fingerprint density at radius 3 is 3.19 bits per heavy atom. The summed E-state index contributed by atoms with van der Waals surface area (Å²) >= 11 is 0. The lowest BCUT2D eigenvalue weighted by Crippen LogP contribution is -2.35. The van der Waals surface area contributed by atoms with E-state index in [1.165, 1.54) is 0 Å². The molecule has 2 aromatic heterocycles. The van der Waals surface area contributed by atoms with E-state index in [2.05, 4.69) is 20.3 Å². The summed E-state index contributed by atoms with van der Waals surface area (Å²) < 4.78 is 0. The smallest absolute Gasteiger partial charge is 0.177 e. The topological polar surface area (TPSA) is 70.7 Å². The Morgan fingerprint density at radius 1 is 1.38 bits per heavy atom. The highest BCUT2D eigenvalue weighted by Crippen LogP contribution is 2.20. The minimum absolute atomic E-state index is 0.116. The summed E-state index contributed by atoms with van der Waals surface area (Å²) in [5, 5.41) is 3.22. The van der Waals surface area contributed by atoms with Crippen LogP contribution in [0.2, 0.25) is 0 Å². The number of aromatic amines is 1. The van der Waals surface area contributed by atoms with Gasteiger partial charge in [-0.15, -0.1) is 0 Å². The predicted octanol–water partition coefficient (Wildman–Crippen LogP) is 0.604. The molecule has 1 fully saturated rings. The van der Waals surface area contributed by atoms with E-state index in [0.717, 1.165) is 17.8 Å². The van der Waals surface area contributed by atoms with Crippen LogP contribution in [-0.4, -0.2) is 33.8 Å². The highest BCUT2D eigenvalue weighted by atomic mass is 16.1. The molecule has 5 nitrogen and oxygen atoms in total. The van der Waals surface area contributed by atoms with E-state index in [-0.39, 0.29) is 11.7 Å². The minimum Gasteiger partial charge on any atom is -0.343 e. The Labute approximate surface area is 92.3 Å². The molecule has 0 bridgehead atoms. The molecular formula is C11H12N4O. The lowest BCUT2D eigenvalue weighted by atomic mass is 9.94. The average molecular weight is 216 g/mol. The second-order valence-corrected chi connectivity index (χ2v) is 3.98. The second kappa shape index (κ2) is 3.68. The van der Waals surface area contributed by atoms with E-state index in [1.807, 2.05) is 12.1 Å². The molecule has 0 amide bonds. The molecule has 5 heteroatoms. The summed E-state index contributed by atoms with van der Waals surface area (Å²) in [5.74, 6) is 0.149. The minimum atomic E-state index is -0.116. The molecule has 16 heavy (non-hydrogen) atoms. The number of imidazole rings is 1. The SMILES string of the molecule is O=C1CCNCC1c1ccc2[nH]cnc2n1. The largest absolute Gasteiger partial charge is 0.343 e. The first-order valence-corrected chi connectivity index (χ1v) is 5.38. The molecule has 0 spiro atoms. The standard InChI is InChI=1S/C11H12N4O/c16-10-3-4-12-5-7(10)8-1-2-9-11(15-8)14-6-13-9/h1-2,6-7,12H,3-5H2,(H,13,14,15). The van der Waals surface area contributed by atoms with Crippen LogP contribution < -0.4 is 5.32 Å². The number of ketones is 1. The van der Waals surface area contributed by atoms with Gasteiger partial charge >= 0.3 is 0 Å². The molecule has 82 valence electrons. The highest BCUT2D eigenvalue weighted by Gasteiger charge is 2.24. The molecule has 1 aliphatic rings. The molecule has 1 atom stereocenters. The Morgan fingerprint density at radius 2 is 2.31 bits per heavy atom. The van der Waals surface area contributed by atoms with E-state index >= 15 is 0 Å². The van der Waals surface area contributed by atoms with Crippen molar-refractivity contribution in [2.75, 3.05) is 13.1 Å². The summed E-state index contributed by atoms with van der Waals surface area (Å²) in [6, 6.07) is 3.82. The van der Waals surface area contributed by atoms with Gasteiger partial charge in [0.25, 0.3) is 0 Å². The van der Waals surface area contributed by atoms with E-state index < -0.39 is 0 Å². The fourth-order valence-corrected chi connectivity index (χ4v) is 2.05. The average Bonchev–Trinajstić information content (AvgIpc) is 2.76. The summed E-state index contributed by atoms with van der Waals surface area (Å²) in [5.41, 5.74) is 2.40. The van der Waals surface area contributed by atoms with Gasteiger partial charge in [0.05, 0.1) is 23.5 Å². The lowest BCUT2D eigenvalue weighted by Gasteiger charge is -2.20. The number of Topliss-reactive ketones (excluding diaryl/α,β-unsaturated/α-hetero) is 1. The van der Waals surface area contributed by atoms with E-state index in [0.29, 0.717) is 18.6 Å². The molecular weight excluding hydrogens is 204 g/mol. The summed E-state index contributed by atoms with van der Waals surface area (Å²) in [7, 11) is 0. The molecule has 0 aliphatic carbocycles. The second-order valence-electron chi connectivity index (χ2n) is 3.98. The Balaban J connectivity index is 2.00. The molecule has 3 rings (SSSR count). The highest BCUT2D eigenvalue weighted by molar-refractivity contribution is 5.87. The number of nitrogens with one attached hydrogen (secondary N) is 2. The normalized spacial score (nSPS) is 21.5. The Kier molecular flexibility index (Phi) is 2.18. The van der Waals surface area contributed by atoms with Crippen LogP contribution in [0.25, 0.3) is 11.2 Å². The van der Waals surface area contributed by atoms with Gasteiger partial charge in [-0.1, -0.05) is 0 Å². The third-order valence-corrected chi connectivity index (χ3v) is 2.95. The Bertz CT molecular complexity index is 534. The van der Waals surface area contributed by atoms with Gasteiger partial charge in [-0.25, -0.2) is 9.97 Å². The monoisotopic (exact) mass is 216 g/mol. The predicted molar refractivity (Wildman–Crippen MR) is 59.1 cm³/mol. The van der Waals surface area contributed by atoms with Gasteiger partial charge in [0.15, 0.2) is 5.65 Å². The molecule has 0 saturated carbocycles. The number of hydrogen-bond donors (Lipinski definition) is 2. The zero-order chi connectivity index (χ0) is 11.0. The zero-order valence-electron chi connectivity index (χ0n) is 8.73. The van der Waals surface area contributed by atoms with Gasteiger partial charge in [-0.05, 0) is 12.1 Å². The summed E-state index contributed by atoms with van der Waals surface area (Å²) in [6.07, 6.45) is 2.20. The molecule has 0 aromatic carbocycles. The van der Waals surface area contributed by atoms with Gasteiger partial charge in [0, 0.05) is 19.5 Å². The Hall–Kier alpha value is -1.75. The number of H-pyrrole nitrogens is 1. The maximum Gasteiger partial charge on any atom is 0.177 e. The van der Waals surface area contributed by atoms with Crippen LogP contribution in [-0.2, 0) is 4.79 Å². The molecule has 2 N–H and O–H groups in total. The summed E-state index contributed by atoms with van der Waals surface area (Å²) in [4.78, 5) is 23.3. The van der Waals surface area contributed by atoms with E-state index in [9.17, 15) is 4.79 Å². The number of pyridine rings is 1. The number of fused-ring (bicyclic) bond motifs is 1. The number of nitrogens with zero attached hydrogens (tertiary/aromatic N) is 2.